The predicted octanol–water partition coefficient (Wildman–Crippen LogP) is 3.44. The van der Waals surface area contributed by atoms with Gasteiger partial charge in [0.1, 0.15) is 0 Å². The van der Waals surface area contributed by atoms with Crippen LogP contribution in [-0.4, -0.2) is 30.8 Å². The number of anilines is 2. The standard InChI is InChI=1S/C17H26N2O/c1-16(2)11-19(12-17(3,4)20-16)15-9-5-8-14-13(15)7-6-10-18-14/h5,8-9,18H,6-7,10-12H2,1-4H3. The van der Waals surface area contributed by atoms with Crippen molar-refractivity contribution in [2.45, 2.75) is 51.7 Å². The van der Waals surface area contributed by atoms with Gasteiger partial charge in [0.25, 0.3) is 0 Å². The lowest BCUT2D eigenvalue weighted by molar-refractivity contribution is -0.133. The van der Waals surface area contributed by atoms with Crippen LogP contribution in [0.4, 0.5) is 11.4 Å². The van der Waals surface area contributed by atoms with Crippen LogP contribution in [0.5, 0.6) is 0 Å². The highest BCUT2D eigenvalue weighted by Gasteiger charge is 2.38. The van der Waals surface area contributed by atoms with Crippen molar-refractivity contribution < 1.29 is 4.74 Å². The highest BCUT2D eigenvalue weighted by molar-refractivity contribution is 5.68. The normalized spacial score (nSPS) is 23.9. The lowest BCUT2D eigenvalue weighted by Crippen LogP contribution is -2.57. The minimum absolute atomic E-state index is 0.105. The molecule has 1 N–H and O–H groups in total. The zero-order valence-corrected chi connectivity index (χ0v) is 13.1. The number of morpholine rings is 1. The molecule has 1 saturated heterocycles. The summed E-state index contributed by atoms with van der Waals surface area (Å²) in [5.41, 5.74) is 3.97. The summed E-state index contributed by atoms with van der Waals surface area (Å²) in [6.07, 6.45) is 2.40. The number of hydrogen-bond acceptors (Lipinski definition) is 3. The average Bonchev–Trinajstić information content (AvgIpc) is 2.34. The molecule has 0 aromatic heterocycles. The van der Waals surface area contributed by atoms with E-state index in [1.807, 2.05) is 0 Å². The summed E-state index contributed by atoms with van der Waals surface area (Å²) in [6.45, 7) is 11.8. The largest absolute Gasteiger partial charge is 0.385 e. The highest BCUT2D eigenvalue weighted by atomic mass is 16.5. The van der Waals surface area contributed by atoms with E-state index in [0.717, 1.165) is 19.6 Å². The van der Waals surface area contributed by atoms with Gasteiger partial charge in [-0.05, 0) is 58.2 Å². The van der Waals surface area contributed by atoms with E-state index >= 15 is 0 Å². The first-order chi connectivity index (χ1) is 9.36. The summed E-state index contributed by atoms with van der Waals surface area (Å²) in [5, 5.41) is 3.53. The molecule has 0 bridgehead atoms. The molecule has 0 unspecified atom stereocenters. The molecule has 2 aliphatic rings. The van der Waals surface area contributed by atoms with Crippen molar-refractivity contribution in [2.75, 3.05) is 29.9 Å². The Hall–Kier alpha value is -1.22. The Morgan fingerprint density at radius 3 is 2.50 bits per heavy atom. The maximum Gasteiger partial charge on any atom is 0.0808 e. The zero-order chi connectivity index (χ0) is 14.4. The van der Waals surface area contributed by atoms with Crippen molar-refractivity contribution in [3.63, 3.8) is 0 Å². The van der Waals surface area contributed by atoms with Crippen molar-refractivity contribution >= 4 is 11.4 Å². The third kappa shape index (κ3) is 2.64. The Morgan fingerprint density at radius 1 is 1.10 bits per heavy atom. The van der Waals surface area contributed by atoms with E-state index in [9.17, 15) is 0 Å². The van der Waals surface area contributed by atoms with Crippen molar-refractivity contribution in [3.05, 3.63) is 23.8 Å². The van der Waals surface area contributed by atoms with Crippen molar-refractivity contribution in [1.82, 2.24) is 0 Å². The molecule has 1 fully saturated rings. The second-order valence-corrected chi connectivity index (χ2v) is 7.31. The Bertz CT molecular complexity index is 492. The average molecular weight is 274 g/mol. The number of ether oxygens (including phenoxy) is 1. The molecule has 0 radical (unpaired) electrons. The third-order valence-electron chi connectivity index (χ3n) is 4.11. The number of benzene rings is 1. The first kappa shape index (κ1) is 13.7. The summed E-state index contributed by atoms with van der Waals surface area (Å²) < 4.78 is 6.20. The van der Waals surface area contributed by atoms with Crippen LogP contribution in [0.1, 0.15) is 39.7 Å². The lowest BCUT2D eigenvalue weighted by Gasteiger charge is -2.48. The van der Waals surface area contributed by atoms with E-state index in [1.54, 1.807) is 0 Å². The van der Waals surface area contributed by atoms with Gasteiger partial charge in [-0.1, -0.05) is 6.07 Å². The van der Waals surface area contributed by atoms with E-state index < -0.39 is 0 Å². The van der Waals surface area contributed by atoms with Gasteiger partial charge in [0.15, 0.2) is 0 Å². The molecular weight excluding hydrogens is 248 g/mol. The number of nitrogens with zero attached hydrogens (tertiary/aromatic N) is 1. The van der Waals surface area contributed by atoms with Gasteiger partial charge in [0, 0.05) is 31.0 Å². The van der Waals surface area contributed by atoms with E-state index in [1.165, 1.54) is 29.8 Å². The first-order valence-electron chi connectivity index (χ1n) is 7.67. The fourth-order valence-electron chi connectivity index (χ4n) is 3.75. The lowest BCUT2D eigenvalue weighted by atomic mass is 9.95. The topological polar surface area (TPSA) is 24.5 Å². The SMILES string of the molecule is CC1(C)CN(c2cccc3c2CCCN3)CC(C)(C)O1. The number of nitrogens with one attached hydrogen (secondary N) is 1. The van der Waals surface area contributed by atoms with E-state index in [0.29, 0.717) is 0 Å². The molecular formula is C17H26N2O. The molecule has 0 saturated carbocycles. The Balaban J connectivity index is 1.96. The van der Waals surface area contributed by atoms with Crippen LogP contribution in [-0.2, 0) is 11.2 Å². The maximum absolute atomic E-state index is 6.20. The van der Waals surface area contributed by atoms with Crippen LogP contribution < -0.4 is 10.2 Å². The molecule has 1 aromatic rings. The molecule has 0 atom stereocenters. The number of hydrogen-bond donors (Lipinski definition) is 1. The number of fused-ring (bicyclic) bond motifs is 1. The van der Waals surface area contributed by atoms with Crippen LogP contribution in [0.3, 0.4) is 0 Å². The molecule has 2 aliphatic heterocycles. The summed E-state index contributed by atoms with van der Waals surface area (Å²) in [4.78, 5) is 2.51. The van der Waals surface area contributed by atoms with Crippen LogP contribution >= 0.6 is 0 Å². The zero-order valence-electron chi connectivity index (χ0n) is 13.1. The monoisotopic (exact) mass is 274 g/mol. The van der Waals surface area contributed by atoms with Gasteiger partial charge in [0.05, 0.1) is 11.2 Å². The summed E-state index contributed by atoms with van der Waals surface area (Å²) in [5.74, 6) is 0. The quantitative estimate of drug-likeness (QED) is 0.849. The second-order valence-electron chi connectivity index (χ2n) is 7.31. The Morgan fingerprint density at radius 2 is 1.80 bits per heavy atom. The molecule has 3 heteroatoms. The van der Waals surface area contributed by atoms with Gasteiger partial charge in [-0.25, -0.2) is 0 Å². The molecule has 0 spiro atoms. The minimum Gasteiger partial charge on any atom is -0.385 e. The van der Waals surface area contributed by atoms with E-state index in [-0.39, 0.29) is 11.2 Å². The van der Waals surface area contributed by atoms with Gasteiger partial charge >= 0.3 is 0 Å². The Kier molecular flexibility index (Phi) is 3.20. The summed E-state index contributed by atoms with van der Waals surface area (Å²) >= 11 is 0. The van der Waals surface area contributed by atoms with Crippen LogP contribution in [0.15, 0.2) is 18.2 Å². The van der Waals surface area contributed by atoms with Crippen LogP contribution in [0, 0.1) is 0 Å². The molecule has 0 amide bonds. The molecule has 20 heavy (non-hydrogen) atoms. The molecule has 0 aliphatic carbocycles. The first-order valence-corrected chi connectivity index (χ1v) is 7.67. The van der Waals surface area contributed by atoms with E-state index in [2.05, 4.69) is 56.1 Å². The minimum atomic E-state index is -0.105. The fraction of sp³-hybridized carbons (Fsp3) is 0.647. The van der Waals surface area contributed by atoms with Gasteiger partial charge in [-0.2, -0.15) is 0 Å². The smallest absolute Gasteiger partial charge is 0.0808 e. The van der Waals surface area contributed by atoms with Crippen molar-refractivity contribution in [3.8, 4) is 0 Å². The third-order valence-corrected chi connectivity index (χ3v) is 4.11. The van der Waals surface area contributed by atoms with Crippen LogP contribution in [0.2, 0.25) is 0 Å². The van der Waals surface area contributed by atoms with E-state index in [4.69, 9.17) is 4.74 Å². The Labute approximate surface area is 122 Å². The number of rotatable bonds is 1. The molecule has 3 rings (SSSR count). The van der Waals surface area contributed by atoms with Gasteiger partial charge in [0.2, 0.25) is 0 Å². The predicted molar refractivity (Wildman–Crippen MR) is 84.7 cm³/mol. The summed E-state index contributed by atoms with van der Waals surface area (Å²) in [7, 11) is 0. The molecule has 1 aromatic carbocycles. The van der Waals surface area contributed by atoms with Gasteiger partial charge in [-0.15, -0.1) is 0 Å². The molecule has 2 heterocycles. The molecule has 3 nitrogen and oxygen atoms in total. The fourth-order valence-corrected chi connectivity index (χ4v) is 3.75. The molecule has 110 valence electrons. The maximum atomic E-state index is 6.20. The van der Waals surface area contributed by atoms with Gasteiger partial charge in [-0.3, -0.25) is 0 Å². The summed E-state index contributed by atoms with van der Waals surface area (Å²) in [6, 6.07) is 6.64. The van der Waals surface area contributed by atoms with Gasteiger partial charge < -0.3 is 15.0 Å². The highest BCUT2D eigenvalue weighted by Crippen LogP contribution is 2.36. The second kappa shape index (κ2) is 4.66. The van der Waals surface area contributed by atoms with Crippen LogP contribution in [0.25, 0.3) is 0 Å². The van der Waals surface area contributed by atoms with Crippen molar-refractivity contribution in [2.24, 2.45) is 0 Å². The van der Waals surface area contributed by atoms with Crippen molar-refractivity contribution in [1.29, 1.82) is 0 Å².